The summed E-state index contributed by atoms with van der Waals surface area (Å²) in [6, 6.07) is 6.23. The molecule has 21 heavy (non-hydrogen) atoms. The topological polar surface area (TPSA) is 38.3 Å². The summed E-state index contributed by atoms with van der Waals surface area (Å²) in [5, 5.41) is 2.92. The van der Waals surface area contributed by atoms with Crippen molar-refractivity contribution in [1.29, 1.82) is 0 Å². The molecule has 116 valence electrons. The molecule has 0 radical (unpaired) electrons. The molecule has 1 aromatic rings. The lowest BCUT2D eigenvalue weighted by Gasteiger charge is -2.21. The van der Waals surface area contributed by atoms with Gasteiger partial charge in [-0.1, -0.05) is 44.2 Å². The predicted molar refractivity (Wildman–Crippen MR) is 80.7 cm³/mol. The third-order valence-electron chi connectivity index (χ3n) is 4.02. The van der Waals surface area contributed by atoms with Crippen LogP contribution in [0.2, 0.25) is 0 Å². The molecule has 1 N–H and O–H groups in total. The summed E-state index contributed by atoms with van der Waals surface area (Å²) < 4.78 is 18.6. The normalized spacial score (nSPS) is 15.7. The van der Waals surface area contributed by atoms with Gasteiger partial charge in [0.05, 0.1) is 13.0 Å². The highest BCUT2D eigenvalue weighted by Crippen LogP contribution is 2.25. The van der Waals surface area contributed by atoms with Crippen molar-refractivity contribution in [3.05, 3.63) is 30.1 Å². The van der Waals surface area contributed by atoms with Crippen LogP contribution in [0.25, 0.3) is 0 Å². The average Bonchev–Trinajstić information content (AvgIpc) is 2.50. The van der Waals surface area contributed by atoms with E-state index < -0.39 is 5.82 Å². The maximum atomic E-state index is 13.3. The van der Waals surface area contributed by atoms with E-state index in [1.807, 2.05) is 0 Å². The first-order valence-electron chi connectivity index (χ1n) is 7.90. The van der Waals surface area contributed by atoms with Gasteiger partial charge in [-0.25, -0.2) is 4.39 Å². The highest BCUT2D eigenvalue weighted by molar-refractivity contribution is 5.75. The van der Waals surface area contributed by atoms with Gasteiger partial charge in [-0.3, -0.25) is 4.79 Å². The van der Waals surface area contributed by atoms with Crippen molar-refractivity contribution in [1.82, 2.24) is 5.32 Å². The molecule has 4 heteroatoms. The number of rotatable bonds is 7. The molecule has 1 saturated carbocycles. The van der Waals surface area contributed by atoms with Crippen LogP contribution in [0.5, 0.6) is 5.75 Å². The van der Waals surface area contributed by atoms with Gasteiger partial charge in [-0.2, -0.15) is 0 Å². The minimum absolute atomic E-state index is 0.0258. The number of nitrogens with one attached hydrogen (secondary N) is 1. The fraction of sp³-hybridized carbons (Fsp3) is 0.588. The summed E-state index contributed by atoms with van der Waals surface area (Å²) in [4.78, 5) is 11.7. The second-order valence-corrected chi connectivity index (χ2v) is 5.67. The van der Waals surface area contributed by atoms with Gasteiger partial charge in [0.25, 0.3) is 0 Å². The lowest BCUT2D eigenvalue weighted by molar-refractivity contribution is -0.121. The summed E-state index contributed by atoms with van der Waals surface area (Å²) in [7, 11) is 0. The molecule has 0 heterocycles. The van der Waals surface area contributed by atoms with Gasteiger partial charge in [0.1, 0.15) is 0 Å². The summed E-state index contributed by atoms with van der Waals surface area (Å²) in [5.41, 5.74) is 0. The summed E-state index contributed by atoms with van der Waals surface area (Å²) in [5.74, 6) is 0.554. The van der Waals surface area contributed by atoms with E-state index in [2.05, 4.69) is 5.32 Å². The number of halogens is 1. The van der Waals surface area contributed by atoms with Crippen molar-refractivity contribution in [2.75, 3.05) is 13.2 Å². The Morgan fingerprint density at radius 2 is 2.00 bits per heavy atom. The SMILES string of the molecule is O=C(CCOc1ccccc1F)NCCC1CCCCC1. The molecule has 1 fully saturated rings. The van der Waals surface area contributed by atoms with Crippen molar-refractivity contribution in [2.45, 2.75) is 44.9 Å². The fourth-order valence-electron chi connectivity index (χ4n) is 2.80. The maximum Gasteiger partial charge on any atom is 0.223 e. The lowest BCUT2D eigenvalue weighted by atomic mass is 9.87. The number of carbonyl (C=O) groups is 1. The van der Waals surface area contributed by atoms with Gasteiger partial charge < -0.3 is 10.1 Å². The lowest BCUT2D eigenvalue weighted by Crippen LogP contribution is -2.27. The van der Waals surface area contributed by atoms with Gasteiger partial charge in [-0.05, 0) is 24.5 Å². The van der Waals surface area contributed by atoms with Crippen LogP contribution < -0.4 is 10.1 Å². The molecular formula is C17H24FNO2. The average molecular weight is 293 g/mol. The van der Waals surface area contributed by atoms with Gasteiger partial charge in [0.2, 0.25) is 5.91 Å². The smallest absolute Gasteiger partial charge is 0.223 e. The molecule has 0 aliphatic heterocycles. The van der Waals surface area contributed by atoms with Crippen LogP contribution in [0.4, 0.5) is 4.39 Å². The molecule has 2 rings (SSSR count). The van der Waals surface area contributed by atoms with Crippen molar-refractivity contribution < 1.29 is 13.9 Å². The Labute approximate surface area is 125 Å². The largest absolute Gasteiger partial charge is 0.490 e. The van der Waals surface area contributed by atoms with E-state index in [0.717, 1.165) is 18.9 Å². The second-order valence-electron chi connectivity index (χ2n) is 5.67. The predicted octanol–water partition coefficient (Wildman–Crippen LogP) is 3.68. The van der Waals surface area contributed by atoms with Crippen molar-refractivity contribution in [2.24, 2.45) is 5.92 Å². The van der Waals surface area contributed by atoms with Gasteiger partial charge in [0, 0.05) is 6.54 Å². The molecule has 3 nitrogen and oxygen atoms in total. The molecule has 0 spiro atoms. The molecule has 1 aliphatic carbocycles. The Balaban J connectivity index is 1.56. The molecule has 0 saturated heterocycles. The van der Waals surface area contributed by atoms with Crippen molar-refractivity contribution in [3.8, 4) is 5.75 Å². The highest BCUT2D eigenvalue weighted by atomic mass is 19.1. The third-order valence-corrected chi connectivity index (χ3v) is 4.02. The first-order valence-corrected chi connectivity index (χ1v) is 7.90. The van der Waals surface area contributed by atoms with Crippen LogP contribution in [0, 0.1) is 11.7 Å². The van der Waals surface area contributed by atoms with Crippen LogP contribution in [-0.2, 0) is 4.79 Å². The number of benzene rings is 1. The zero-order valence-electron chi connectivity index (χ0n) is 12.4. The Morgan fingerprint density at radius 3 is 2.76 bits per heavy atom. The number of carbonyl (C=O) groups excluding carboxylic acids is 1. The standard InChI is InChI=1S/C17H24FNO2/c18-15-8-4-5-9-16(15)21-13-11-17(20)19-12-10-14-6-2-1-3-7-14/h4-5,8-9,14H,1-3,6-7,10-13H2,(H,19,20). The van der Waals surface area contributed by atoms with E-state index in [1.165, 1.54) is 38.2 Å². The monoisotopic (exact) mass is 293 g/mol. The summed E-state index contributed by atoms with van der Waals surface area (Å²) >= 11 is 0. The first-order chi connectivity index (χ1) is 10.3. The third kappa shape index (κ3) is 5.74. The Hall–Kier alpha value is -1.58. The van der Waals surface area contributed by atoms with Crippen LogP contribution in [0.15, 0.2) is 24.3 Å². The quantitative estimate of drug-likeness (QED) is 0.833. The molecule has 1 aromatic carbocycles. The highest BCUT2D eigenvalue weighted by Gasteiger charge is 2.13. The van der Waals surface area contributed by atoms with E-state index in [1.54, 1.807) is 18.2 Å². The number of para-hydroxylation sites is 1. The molecule has 0 aromatic heterocycles. The zero-order valence-corrected chi connectivity index (χ0v) is 12.4. The minimum atomic E-state index is -0.393. The van der Waals surface area contributed by atoms with Crippen LogP contribution in [0.1, 0.15) is 44.9 Å². The number of ether oxygens (including phenoxy) is 1. The molecule has 0 bridgehead atoms. The van der Waals surface area contributed by atoms with E-state index in [4.69, 9.17) is 4.74 Å². The van der Waals surface area contributed by atoms with Crippen LogP contribution >= 0.6 is 0 Å². The van der Waals surface area contributed by atoms with E-state index in [0.29, 0.717) is 0 Å². The zero-order chi connectivity index (χ0) is 14.9. The summed E-state index contributed by atoms with van der Waals surface area (Å²) in [6.07, 6.45) is 7.94. The van der Waals surface area contributed by atoms with E-state index >= 15 is 0 Å². The molecule has 0 unspecified atom stereocenters. The van der Waals surface area contributed by atoms with Crippen LogP contribution in [-0.4, -0.2) is 19.1 Å². The van der Waals surface area contributed by atoms with E-state index in [9.17, 15) is 9.18 Å². The second kappa shape index (κ2) is 8.65. The molecule has 1 aliphatic rings. The van der Waals surface area contributed by atoms with E-state index in [-0.39, 0.29) is 24.7 Å². The molecule has 0 atom stereocenters. The first kappa shape index (κ1) is 15.8. The fourth-order valence-corrected chi connectivity index (χ4v) is 2.80. The van der Waals surface area contributed by atoms with Gasteiger partial charge in [-0.15, -0.1) is 0 Å². The van der Waals surface area contributed by atoms with Gasteiger partial charge >= 0.3 is 0 Å². The van der Waals surface area contributed by atoms with Gasteiger partial charge in [0.15, 0.2) is 11.6 Å². The number of hydrogen-bond acceptors (Lipinski definition) is 2. The minimum Gasteiger partial charge on any atom is -0.490 e. The van der Waals surface area contributed by atoms with Crippen molar-refractivity contribution in [3.63, 3.8) is 0 Å². The Bertz CT molecular complexity index is 444. The molecule has 1 amide bonds. The Kier molecular flexibility index (Phi) is 6.51. The number of amides is 1. The molecular weight excluding hydrogens is 269 g/mol. The maximum absolute atomic E-state index is 13.3. The Morgan fingerprint density at radius 1 is 1.24 bits per heavy atom. The van der Waals surface area contributed by atoms with Crippen molar-refractivity contribution >= 4 is 5.91 Å². The summed E-state index contributed by atoms with van der Waals surface area (Å²) in [6.45, 7) is 0.944. The number of hydrogen-bond donors (Lipinski definition) is 1. The van der Waals surface area contributed by atoms with Crippen LogP contribution in [0.3, 0.4) is 0 Å².